The van der Waals surface area contributed by atoms with Crippen LogP contribution in [0.3, 0.4) is 0 Å². The summed E-state index contributed by atoms with van der Waals surface area (Å²) < 4.78 is 5.49. The van der Waals surface area contributed by atoms with Gasteiger partial charge in [0.1, 0.15) is 18.8 Å². The van der Waals surface area contributed by atoms with Crippen LogP contribution >= 0.6 is 9.39 Å². The first-order chi connectivity index (χ1) is 14.4. The highest BCUT2D eigenvalue weighted by molar-refractivity contribution is 7.13. The largest absolute Gasteiger partial charge is 0.460 e. The van der Waals surface area contributed by atoms with Crippen molar-refractivity contribution < 1.29 is 14.3 Å². The van der Waals surface area contributed by atoms with Crippen molar-refractivity contribution in [3.05, 3.63) is 47.7 Å². The van der Waals surface area contributed by atoms with Crippen LogP contribution < -0.4 is 5.09 Å². The van der Waals surface area contributed by atoms with Gasteiger partial charge in [0.15, 0.2) is 0 Å². The number of ether oxygens (including phenoxy) is 1. The lowest BCUT2D eigenvalue weighted by molar-refractivity contribution is -0.155. The molecule has 1 saturated heterocycles. The summed E-state index contributed by atoms with van der Waals surface area (Å²) in [5.41, 5.74) is 1.97. The fourth-order valence-electron chi connectivity index (χ4n) is 3.88. The number of rotatable bonds is 9. The quantitative estimate of drug-likeness (QED) is 0.214. The van der Waals surface area contributed by atoms with Crippen LogP contribution in [-0.2, 0) is 20.9 Å². The molecule has 0 amide bonds. The number of aliphatic imine (C=N–C) groups is 1. The number of nitrogens with zero attached hydrogens (tertiary/aromatic N) is 2. The third-order valence-electron chi connectivity index (χ3n) is 5.73. The average molecular weight is 432 g/mol. The van der Waals surface area contributed by atoms with Crippen LogP contribution in [0, 0.1) is 17.8 Å². The Morgan fingerprint density at radius 3 is 2.67 bits per heavy atom. The smallest absolute Gasteiger partial charge is 0.316 e. The van der Waals surface area contributed by atoms with Crippen LogP contribution in [0.5, 0.6) is 0 Å². The van der Waals surface area contributed by atoms with E-state index in [0.29, 0.717) is 0 Å². The van der Waals surface area contributed by atoms with E-state index < -0.39 is 11.9 Å². The second-order valence-corrected chi connectivity index (χ2v) is 8.55. The molecule has 6 nitrogen and oxygen atoms in total. The predicted molar refractivity (Wildman–Crippen MR) is 124 cm³/mol. The summed E-state index contributed by atoms with van der Waals surface area (Å²) in [5.74, 6) is -1.21. The maximum Gasteiger partial charge on any atom is 0.316 e. The molecule has 7 heteroatoms. The van der Waals surface area contributed by atoms with Gasteiger partial charge in [-0.1, -0.05) is 30.3 Å². The molecule has 30 heavy (non-hydrogen) atoms. The van der Waals surface area contributed by atoms with E-state index in [2.05, 4.69) is 31.3 Å². The second-order valence-electron chi connectivity index (χ2n) is 8.21. The molecule has 1 aliphatic rings. The summed E-state index contributed by atoms with van der Waals surface area (Å²) in [7, 11) is 4.51. The third-order valence-corrected chi connectivity index (χ3v) is 5.89. The molecule has 1 aliphatic heterocycles. The summed E-state index contributed by atoms with van der Waals surface area (Å²) in [5, 5.41) is 3.02. The zero-order valence-corrected chi connectivity index (χ0v) is 19.5. The Bertz CT molecular complexity index is 751. The number of nitrogens with one attached hydrogen (secondary N) is 1. The monoisotopic (exact) mass is 431 g/mol. The number of benzene rings is 1. The molecule has 0 aliphatic carbocycles. The van der Waals surface area contributed by atoms with Gasteiger partial charge in [-0.05, 0) is 66.6 Å². The van der Waals surface area contributed by atoms with Gasteiger partial charge in [0.25, 0.3) is 0 Å². The zero-order valence-electron chi connectivity index (χ0n) is 18.3. The second kappa shape index (κ2) is 12.0. The van der Waals surface area contributed by atoms with E-state index in [1.165, 1.54) is 0 Å². The van der Waals surface area contributed by atoms with Gasteiger partial charge < -0.3 is 19.5 Å². The molecule has 0 spiro atoms. The van der Waals surface area contributed by atoms with Gasteiger partial charge in [0.2, 0.25) is 0 Å². The number of carbonyl (C=O) groups excluding carboxylic acids is 2. The van der Waals surface area contributed by atoms with Crippen LogP contribution in [0.2, 0.25) is 0 Å². The summed E-state index contributed by atoms with van der Waals surface area (Å²) in [6, 6.07) is 9.80. The first-order valence-electron chi connectivity index (χ1n) is 10.4. The lowest BCUT2D eigenvalue weighted by Crippen LogP contribution is -2.50. The summed E-state index contributed by atoms with van der Waals surface area (Å²) in [6.45, 7) is 7.15. The van der Waals surface area contributed by atoms with Gasteiger partial charge in [0.05, 0.1) is 0 Å². The van der Waals surface area contributed by atoms with Crippen molar-refractivity contribution in [2.75, 3.05) is 13.6 Å². The van der Waals surface area contributed by atoms with Crippen LogP contribution in [-0.4, -0.2) is 49.0 Å². The van der Waals surface area contributed by atoms with Crippen molar-refractivity contribution in [1.29, 1.82) is 0 Å². The van der Waals surface area contributed by atoms with Crippen LogP contribution in [0.4, 0.5) is 0 Å². The number of hydrogen-bond donors (Lipinski definition) is 1. The first kappa shape index (κ1) is 24.2. The maximum atomic E-state index is 12.8. The summed E-state index contributed by atoms with van der Waals surface area (Å²) in [6.07, 6.45) is 5.30. The Morgan fingerprint density at radius 1 is 1.37 bits per heavy atom. The minimum atomic E-state index is -0.791. The van der Waals surface area contributed by atoms with Crippen molar-refractivity contribution in [2.45, 2.75) is 45.9 Å². The fraction of sp³-hybridized carbons (Fsp3) is 0.522. The van der Waals surface area contributed by atoms with E-state index in [9.17, 15) is 9.59 Å². The predicted octanol–water partition coefficient (Wildman–Crippen LogP) is 3.24. The molecule has 0 aromatic heterocycles. The molecule has 0 saturated carbocycles. The average Bonchev–Trinajstić information content (AvgIpc) is 2.73. The van der Waals surface area contributed by atoms with Gasteiger partial charge >= 0.3 is 5.97 Å². The molecule has 1 aromatic carbocycles. The van der Waals surface area contributed by atoms with E-state index >= 15 is 0 Å². The Balaban J connectivity index is 2.16. The number of aldehydes is 1. The van der Waals surface area contributed by atoms with Crippen LogP contribution in [0.1, 0.15) is 32.8 Å². The summed E-state index contributed by atoms with van der Waals surface area (Å²) >= 11 is 0. The normalized spacial score (nSPS) is 24.1. The Kier molecular flexibility index (Phi) is 9.67. The molecule has 1 N–H and O–H groups in total. The zero-order chi connectivity index (χ0) is 22.1. The van der Waals surface area contributed by atoms with Crippen molar-refractivity contribution in [3.63, 3.8) is 0 Å². The molecule has 1 aromatic rings. The molecule has 1 heterocycles. The number of carbonyl (C=O) groups is 2. The molecule has 4 unspecified atom stereocenters. The minimum absolute atomic E-state index is 0.0907. The molecule has 164 valence electrons. The van der Waals surface area contributed by atoms with E-state index in [4.69, 9.17) is 4.74 Å². The fourth-order valence-corrected chi connectivity index (χ4v) is 4.07. The number of hydrogen-bond acceptors (Lipinski definition) is 6. The van der Waals surface area contributed by atoms with Crippen LogP contribution in [0.15, 0.2) is 47.1 Å². The van der Waals surface area contributed by atoms with E-state index in [-0.39, 0.29) is 30.5 Å². The molecule has 0 bridgehead atoms. The highest BCUT2D eigenvalue weighted by Gasteiger charge is 2.40. The highest BCUT2D eigenvalue weighted by atomic mass is 31.0. The maximum absolute atomic E-state index is 12.8. The van der Waals surface area contributed by atoms with E-state index in [0.717, 1.165) is 30.4 Å². The van der Waals surface area contributed by atoms with Gasteiger partial charge in [-0.25, -0.2) is 0 Å². The number of likely N-dealkylation sites (tertiary alicyclic amines) is 1. The van der Waals surface area contributed by atoms with Gasteiger partial charge in [-0.3, -0.25) is 9.79 Å². The van der Waals surface area contributed by atoms with Crippen molar-refractivity contribution in [2.24, 2.45) is 22.7 Å². The van der Waals surface area contributed by atoms with Crippen LogP contribution in [0.25, 0.3) is 0 Å². The topological polar surface area (TPSA) is 71.0 Å². The summed E-state index contributed by atoms with van der Waals surface area (Å²) in [4.78, 5) is 31.5. The Morgan fingerprint density at radius 2 is 2.07 bits per heavy atom. The number of piperidine rings is 1. The minimum Gasteiger partial charge on any atom is -0.460 e. The Labute approximate surface area is 182 Å². The van der Waals surface area contributed by atoms with Gasteiger partial charge in [-0.2, -0.15) is 0 Å². The van der Waals surface area contributed by atoms with E-state index in [1.807, 2.05) is 63.6 Å². The lowest BCUT2D eigenvalue weighted by atomic mass is 9.74. The molecular formula is C23H34N3O3P. The molecule has 2 rings (SSSR count). The molecular weight excluding hydrogens is 397 g/mol. The van der Waals surface area contributed by atoms with Gasteiger partial charge in [-0.15, -0.1) is 0 Å². The molecule has 0 radical (unpaired) electrons. The standard InChI is InChI=1S/C23H34N3O3P/c1-16(2)24-11-20(12-25-30)19-10-21(17(3)26(4)13-19)22(14-27)23(28)29-15-18-8-6-5-7-9-18/h5-9,11-12,14,16-17,19,21-22,25H,10,13,15,30H2,1-4H3/b20-12+,24-11?/t17?,19-,21?,22?/m0/s1. The molecule has 5 atom stereocenters. The highest BCUT2D eigenvalue weighted by Crippen LogP contribution is 2.35. The van der Waals surface area contributed by atoms with Crippen molar-refractivity contribution in [3.8, 4) is 0 Å². The van der Waals surface area contributed by atoms with E-state index in [1.54, 1.807) is 0 Å². The van der Waals surface area contributed by atoms with Crippen molar-refractivity contribution in [1.82, 2.24) is 9.99 Å². The van der Waals surface area contributed by atoms with Crippen molar-refractivity contribution >= 4 is 27.9 Å². The first-order valence-corrected chi connectivity index (χ1v) is 11.0. The Hall–Kier alpha value is -2.04. The SMILES string of the molecule is CC(C)N=C/C(=C\NP)[C@H]1CC(C(C=O)C(=O)OCc2ccccc2)C(C)N(C)C1. The van der Waals surface area contributed by atoms with Gasteiger partial charge in [0, 0.05) is 31.0 Å². The third kappa shape index (κ3) is 6.75. The lowest BCUT2D eigenvalue weighted by Gasteiger charge is -2.43. The molecule has 1 fully saturated rings. The number of esters is 1.